The van der Waals surface area contributed by atoms with Crippen molar-refractivity contribution in [1.82, 2.24) is 16.1 Å². The molecule has 5 N–H and O–H groups in total. The number of unbranched alkanes of at least 4 members (excludes halogenated alkanes) is 2. The molecule has 10 nitrogen and oxygen atoms in total. The number of nitrogens with one attached hydrogen (secondary N) is 3. The van der Waals surface area contributed by atoms with Gasteiger partial charge in [-0.3, -0.25) is 15.3 Å². The minimum Gasteiger partial charge on any atom is -0.481 e. The summed E-state index contributed by atoms with van der Waals surface area (Å²) in [6.07, 6.45) is 1.83. The van der Waals surface area contributed by atoms with Crippen LogP contribution in [0.25, 0.3) is 0 Å². The predicted molar refractivity (Wildman–Crippen MR) is 133 cm³/mol. The lowest BCUT2D eigenvalue weighted by molar-refractivity contribution is -0.134. The van der Waals surface area contributed by atoms with Crippen LogP contribution in [0.2, 0.25) is 0 Å². The predicted octanol–water partition coefficient (Wildman–Crippen LogP) is 2.38. The second kappa shape index (κ2) is 13.0. The molecular weight excluding hydrogens is 494 g/mol. The summed E-state index contributed by atoms with van der Waals surface area (Å²) in [6, 6.07) is 5.78. The Morgan fingerprint density at radius 2 is 1.86 bits per heavy atom. The Kier molecular flexibility index (Phi) is 10.7. The number of carbonyl (C=O) groups is 2. The molecule has 35 heavy (non-hydrogen) atoms. The number of carboxylic acid groups (broad SMARTS) is 1. The third-order valence-corrected chi connectivity index (χ3v) is 10.4. The third-order valence-electron chi connectivity index (χ3n) is 6.04. The molecule has 2 amide bonds. The van der Waals surface area contributed by atoms with E-state index in [9.17, 15) is 23.2 Å². The molecule has 1 saturated heterocycles. The molecule has 1 fully saturated rings. The Morgan fingerprint density at radius 3 is 2.46 bits per heavy atom. The van der Waals surface area contributed by atoms with Gasteiger partial charge in [0.1, 0.15) is 12.4 Å². The molecule has 0 unspecified atom stereocenters. The first-order valence-electron chi connectivity index (χ1n) is 11.4. The van der Waals surface area contributed by atoms with E-state index in [1.165, 1.54) is 36.0 Å². The number of benzene rings is 1. The monoisotopic (exact) mass is 527 g/mol. The van der Waals surface area contributed by atoms with Crippen molar-refractivity contribution in [2.75, 3.05) is 25.4 Å². The van der Waals surface area contributed by atoms with Crippen molar-refractivity contribution in [3.05, 3.63) is 24.3 Å². The van der Waals surface area contributed by atoms with Crippen LogP contribution in [0.1, 0.15) is 46.0 Å². The van der Waals surface area contributed by atoms with Crippen LogP contribution in [-0.2, 0) is 14.6 Å². The summed E-state index contributed by atoms with van der Waals surface area (Å²) >= 11 is 1.43. The minimum absolute atomic E-state index is 0.0595. The quantitative estimate of drug-likeness (QED) is 0.126. The summed E-state index contributed by atoms with van der Waals surface area (Å²) < 4.78 is 32.3. The first-order valence-corrected chi connectivity index (χ1v) is 13.9. The summed E-state index contributed by atoms with van der Waals surface area (Å²) in [6.45, 7) is 4.47. The van der Waals surface area contributed by atoms with Gasteiger partial charge in [0.05, 0.1) is 9.64 Å². The van der Waals surface area contributed by atoms with Gasteiger partial charge in [-0.2, -0.15) is 11.8 Å². The fourth-order valence-electron chi connectivity index (χ4n) is 4.20. The van der Waals surface area contributed by atoms with E-state index < -0.39 is 31.5 Å². The van der Waals surface area contributed by atoms with E-state index in [1.807, 2.05) is 13.8 Å². The lowest BCUT2D eigenvalue weighted by Crippen LogP contribution is -2.74. The standard InChI is InChI=1S/C23H33N3O7S2/c1-3-22(4-2)23(20(27)26-30,25-15-17-34-22)35(31,32)19-12-10-18(11-13-19)33-16-9-7-5-6-8-14-24-21(28)29/h10-13,24-25,30H,3-6,8,14-17H2,1-2H3,(H,26,27)(H,28,29)/t23-/m0/s1. The van der Waals surface area contributed by atoms with E-state index in [0.29, 0.717) is 50.3 Å². The van der Waals surface area contributed by atoms with Gasteiger partial charge < -0.3 is 15.2 Å². The summed E-state index contributed by atoms with van der Waals surface area (Å²) in [4.78, 5) is 21.2. The van der Waals surface area contributed by atoms with Crippen LogP contribution in [0.15, 0.2) is 29.2 Å². The Morgan fingerprint density at radius 1 is 1.17 bits per heavy atom. The molecule has 1 aromatic rings. The van der Waals surface area contributed by atoms with Gasteiger partial charge in [0.2, 0.25) is 14.7 Å². The van der Waals surface area contributed by atoms with Gasteiger partial charge in [-0.25, -0.2) is 18.7 Å². The van der Waals surface area contributed by atoms with Crippen molar-refractivity contribution < 1.29 is 33.1 Å². The fourth-order valence-corrected chi connectivity index (χ4v) is 8.29. The van der Waals surface area contributed by atoms with Gasteiger partial charge in [0, 0.05) is 25.3 Å². The van der Waals surface area contributed by atoms with Gasteiger partial charge in [0.25, 0.3) is 5.91 Å². The number of carbonyl (C=O) groups excluding carboxylic acids is 1. The Balaban J connectivity index is 2.12. The lowest BCUT2D eigenvalue weighted by Gasteiger charge is -2.50. The maximum absolute atomic E-state index is 13.9. The average Bonchev–Trinajstić information content (AvgIpc) is 2.86. The van der Waals surface area contributed by atoms with Crippen LogP contribution in [0, 0.1) is 11.8 Å². The molecule has 1 aliphatic rings. The molecule has 1 atom stereocenters. The molecule has 0 bridgehead atoms. The highest BCUT2D eigenvalue weighted by molar-refractivity contribution is 8.02. The number of sulfone groups is 1. The molecule has 0 radical (unpaired) electrons. The summed E-state index contributed by atoms with van der Waals surface area (Å²) in [7, 11) is -4.26. The van der Waals surface area contributed by atoms with Gasteiger partial charge >= 0.3 is 6.09 Å². The van der Waals surface area contributed by atoms with Crippen molar-refractivity contribution in [3.63, 3.8) is 0 Å². The molecule has 0 saturated carbocycles. The molecule has 1 aromatic carbocycles. The van der Waals surface area contributed by atoms with Gasteiger partial charge in [-0.15, -0.1) is 0 Å². The van der Waals surface area contributed by atoms with E-state index in [1.54, 1.807) is 5.48 Å². The SMILES string of the molecule is CCC1(CC)SCCN[C@@]1(C(=O)NO)S(=O)(=O)c1ccc(OCC#CCCCCNC(=O)O)cc1. The van der Waals surface area contributed by atoms with Crippen molar-refractivity contribution in [2.45, 2.75) is 60.5 Å². The molecular formula is C23H33N3O7S2. The molecule has 194 valence electrons. The van der Waals surface area contributed by atoms with Crippen LogP contribution in [-0.4, -0.2) is 65.8 Å². The van der Waals surface area contributed by atoms with Crippen molar-refractivity contribution in [2.24, 2.45) is 0 Å². The zero-order valence-corrected chi connectivity index (χ0v) is 21.6. The van der Waals surface area contributed by atoms with Crippen LogP contribution in [0.4, 0.5) is 4.79 Å². The number of hydrogen-bond acceptors (Lipinski definition) is 8. The molecule has 1 aliphatic heterocycles. The molecule has 2 rings (SSSR count). The maximum atomic E-state index is 13.9. The van der Waals surface area contributed by atoms with Crippen LogP contribution in [0.5, 0.6) is 5.75 Å². The first-order chi connectivity index (χ1) is 16.7. The number of hydrogen-bond donors (Lipinski definition) is 5. The van der Waals surface area contributed by atoms with Crippen molar-refractivity contribution in [3.8, 4) is 17.6 Å². The lowest BCUT2D eigenvalue weighted by atomic mass is 9.91. The molecule has 12 heteroatoms. The first kappa shape index (κ1) is 28.8. The molecule has 0 spiro atoms. The van der Waals surface area contributed by atoms with E-state index in [4.69, 9.17) is 9.84 Å². The highest BCUT2D eigenvalue weighted by Crippen LogP contribution is 2.49. The Labute approximate surface area is 210 Å². The highest BCUT2D eigenvalue weighted by atomic mass is 32.2. The van der Waals surface area contributed by atoms with E-state index in [0.717, 1.165) is 6.42 Å². The second-order valence-electron chi connectivity index (χ2n) is 7.90. The number of thioether (sulfide) groups is 1. The van der Waals surface area contributed by atoms with Gasteiger partial charge in [-0.1, -0.05) is 25.7 Å². The Hall–Kier alpha value is -2.46. The third kappa shape index (κ3) is 6.22. The van der Waals surface area contributed by atoms with Crippen molar-refractivity contribution >= 4 is 33.6 Å². The fraction of sp³-hybridized carbons (Fsp3) is 0.565. The number of amides is 2. The summed E-state index contributed by atoms with van der Waals surface area (Å²) in [5.74, 6) is 5.88. The number of rotatable bonds is 11. The normalized spacial score (nSPS) is 19.2. The number of hydroxylamine groups is 1. The maximum Gasteiger partial charge on any atom is 0.404 e. The number of ether oxygens (including phenoxy) is 1. The summed E-state index contributed by atoms with van der Waals surface area (Å²) in [5.41, 5.74) is 1.58. The smallest absolute Gasteiger partial charge is 0.404 e. The largest absolute Gasteiger partial charge is 0.481 e. The molecule has 1 heterocycles. The molecule has 0 aliphatic carbocycles. The second-order valence-corrected chi connectivity index (χ2v) is 11.5. The zero-order chi connectivity index (χ0) is 26.0. The van der Waals surface area contributed by atoms with Crippen LogP contribution < -0.4 is 20.9 Å². The minimum atomic E-state index is -4.26. The van der Waals surface area contributed by atoms with E-state index in [-0.39, 0.29) is 11.5 Å². The summed E-state index contributed by atoms with van der Waals surface area (Å²) in [5, 5.41) is 23.2. The molecule has 0 aromatic heterocycles. The van der Waals surface area contributed by atoms with Crippen LogP contribution in [0.3, 0.4) is 0 Å². The van der Waals surface area contributed by atoms with Crippen LogP contribution >= 0.6 is 11.8 Å². The van der Waals surface area contributed by atoms with Gasteiger partial charge in [0.15, 0.2) is 0 Å². The van der Waals surface area contributed by atoms with Gasteiger partial charge in [-0.05, 0) is 49.9 Å². The average molecular weight is 528 g/mol. The Bertz CT molecular complexity index is 1030. The zero-order valence-electron chi connectivity index (χ0n) is 19.9. The van der Waals surface area contributed by atoms with Crippen molar-refractivity contribution in [1.29, 1.82) is 0 Å². The highest BCUT2D eigenvalue weighted by Gasteiger charge is 2.65. The van der Waals surface area contributed by atoms with E-state index in [2.05, 4.69) is 22.5 Å². The van der Waals surface area contributed by atoms with E-state index >= 15 is 0 Å². The topological polar surface area (TPSA) is 154 Å².